The fraction of sp³-hybridized carbons (Fsp3) is 0.100. The molecule has 0 aliphatic heterocycles. The maximum atomic E-state index is 11.1. The first kappa shape index (κ1) is 9.09. The van der Waals surface area contributed by atoms with Crippen LogP contribution in [0.5, 0.6) is 5.75 Å². The molecule has 0 N–H and O–H groups in total. The van der Waals surface area contributed by atoms with Gasteiger partial charge < -0.3 is 9.15 Å². The molecule has 1 heterocycles. The topological polar surface area (TPSA) is 39.4 Å². The zero-order valence-electron chi connectivity index (χ0n) is 7.41. The highest BCUT2D eigenvalue weighted by molar-refractivity contribution is 6.68. The summed E-state index contributed by atoms with van der Waals surface area (Å²) in [4.78, 5) is 11.1. The van der Waals surface area contributed by atoms with Crippen molar-refractivity contribution in [1.29, 1.82) is 0 Å². The third kappa shape index (κ3) is 1.36. The SMILES string of the molecule is COc1cc(C(=O)Cl)c2occc2c1. The Morgan fingerprint density at radius 1 is 1.50 bits per heavy atom. The van der Waals surface area contributed by atoms with Gasteiger partial charge in [0.15, 0.2) is 0 Å². The molecule has 0 aliphatic carbocycles. The van der Waals surface area contributed by atoms with Crippen molar-refractivity contribution >= 4 is 27.8 Å². The summed E-state index contributed by atoms with van der Waals surface area (Å²) in [6.07, 6.45) is 1.51. The second-order valence-corrected chi connectivity index (χ2v) is 3.13. The number of halogens is 1. The van der Waals surface area contributed by atoms with Gasteiger partial charge in [0, 0.05) is 5.39 Å². The number of ether oxygens (including phenoxy) is 1. The lowest BCUT2D eigenvalue weighted by molar-refractivity contribution is 0.108. The van der Waals surface area contributed by atoms with Crippen molar-refractivity contribution < 1.29 is 13.9 Å². The maximum Gasteiger partial charge on any atom is 0.256 e. The highest BCUT2D eigenvalue weighted by Crippen LogP contribution is 2.27. The van der Waals surface area contributed by atoms with Gasteiger partial charge >= 0.3 is 0 Å². The number of carbonyl (C=O) groups excluding carboxylic acids is 1. The molecule has 3 nitrogen and oxygen atoms in total. The number of carbonyl (C=O) groups is 1. The third-order valence-corrected chi connectivity index (χ3v) is 2.18. The molecule has 2 aromatic rings. The molecule has 1 aromatic carbocycles. The van der Waals surface area contributed by atoms with Crippen LogP contribution in [0.25, 0.3) is 11.0 Å². The summed E-state index contributed by atoms with van der Waals surface area (Å²) in [7, 11) is 1.53. The molecule has 0 amide bonds. The Labute approximate surface area is 85.2 Å². The van der Waals surface area contributed by atoms with Crippen LogP contribution in [0.2, 0.25) is 0 Å². The van der Waals surface area contributed by atoms with Crippen LogP contribution in [0, 0.1) is 0 Å². The lowest BCUT2D eigenvalue weighted by Gasteiger charge is -2.01. The van der Waals surface area contributed by atoms with Gasteiger partial charge in [-0.2, -0.15) is 0 Å². The smallest absolute Gasteiger partial charge is 0.256 e. The number of methoxy groups -OCH3 is 1. The van der Waals surface area contributed by atoms with Crippen molar-refractivity contribution in [3.05, 3.63) is 30.0 Å². The molecule has 0 radical (unpaired) electrons. The molecule has 0 saturated heterocycles. The van der Waals surface area contributed by atoms with E-state index in [0.29, 0.717) is 16.9 Å². The van der Waals surface area contributed by atoms with Gasteiger partial charge in [-0.05, 0) is 29.8 Å². The first-order chi connectivity index (χ1) is 6.72. The Kier molecular flexibility index (Phi) is 2.17. The van der Waals surface area contributed by atoms with E-state index in [2.05, 4.69) is 0 Å². The normalized spacial score (nSPS) is 10.4. The third-order valence-electron chi connectivity index (χ3n) is 1.97. The number of hydrogen-bond donors (Lipinski definition) is 0. The molecule has 0 saturated carbocycles. The van der Waals surface area contributed by atoms with Crippen molar-refractivity contribution in [2.45, 2.75) is 0 Å². The molecule has 0 spiro atoms. The Bertz CT molecular complexity index is 487. The summed E-state index contributed by atoms with van der Waals surface area (Å²) in [6.45, 7) is 0. The minimum atomic E-state index is -0.552. The minimum absolute atomic E-state index is 0.325. The molecule has 0 unspecified atom stereocenters. The fourth-order valence-electron chi connectivity index (χ4n) is 1.32. The predicted octanol–water partition coefficient (Wildman–Crippen LogP) is 2.82. The van der Waals surface area contributed by atoms with Gasteiger partial charge in [0.2, 0.25) is 0 Å². The van der Waals surface area contributed by atoms with Crippen molar-refractivity contribution in [3.63, 3.8) is 0 Å². The van der Waals surface area contributed by atoms with Crippen molar-refractivity contribution in [1.82, 2.24) is 0 Å². The molecule has 0 fully saturated rings. The quantitative estimate of drug-likeness (QED) is 0.716. The van der Waals surface area contributed by atoms with Crippen LogP contribution >= 0.6 is 11.6 Å². The molecular formula is C10H7ClO3. The molecule has 72 valence electrons. The summed E-state index contributed by atoms with van der Waals surface area (Å²) in [5.41, 5.74) is 0.816. The van der Waals surface area contributed by atoms with Gasteiger partial charge in [0.05, 0.1) is 18.9 Å². The summed E-state index contributed by atoms with van der Waals surface area (Å²) in [5, 5.41) is 0.247. The number of hydrogen-bond acceptors (Lipinski definition) is 3. The van der Waals surface area contributed by atoms with Gasteiger partial charge in [-0.25, -0.2) is 0 Å². The minimum Gasteiger partial charge on any atom is -0.497 e. The van der Waals surface area contributed by atoms with E-state index in [1.165, 1.54) is 13.4 Å². The number of benzene rings is 1. The summed E-state index contributed by atoms with van der Waals surface area (Å²) in [6, 6.07) is 5.09. The van der Waals surface area contributed by atoms with Gasteiger partial charge in [0.25, 0.3) is 5.24 Å². The fourth-order valence-corrected chi connectivity index (χ4v) is 1.46. The summed E-state index contributed by atoms with van der Waals surface area (Å²) in [5.74, 6) is 0.586. The van der Waals surface area contributed by atoms with Crippen LogP contribution in [-0.4, -0.2) is 12.4 Å². The van der Waals surface area contributed by atoms with Crippen LogP contribution in [0.4, 0.5) is 0 Å². The van der Waals surface area contributed by atoms with Crippen LogP contribution in [-0.2, 0) is 0 Å². The second kappa shape index (κ2) is 3.35. The Hall–Kier alpha value is -1.48. The number of fused-ring (bicyclic) bond motifs is 1. The highest BCUT2D eigenvalue weighted by atomic mass is 35.5. The van der Waals surface area contributed by atoms with E-state index in [9.17, 15) is 4.79 Å². The lowest BCUT2D eigenvalue weighted by atomic mass is 10.1. The molecular weight excluding hydrogens is 204 g/mol. The molecule has 1 aromatic heterocycles. The standard InChI is InChI=1S/C10H7ClO3/c1-13-7-4-6-2-3-14-9(6)8(5-7)10(11)12/h2-5H,1H3. The summed E-state index contributed by atoms with van der Waals surface area (Å²) >= 11 is 5.41. The second-order valence-electron chi connectivity index (χ2n) is 2.79. The van der Waals surface area contributed by atoms with E-state index in [4.69, 9.17) is 20.8 Å². The van der Waals surface area contributed by atoms with Gasteiger partial charge in [-0.15, -0.1) is 0 Å². The average molecular weight is 211 g/mol. The first-order valence-corrected chi connectivity index (χ1v) is 4.35. The first-order valence-electron chi connectivity index (χ1n) is 3.97. The van der Waals surface area contributed by atoms with E-state index in [1.807, 2.05) is 0 Å². The summed E-state index contributed by atoms with van der Waals surface area (Å²) < 4.78 is 10.2. The van der Waals surface area contributed by atoms with E-state index in [0.717, 1.165) is 5.39 Å². The number of rotatable bonds is 2. The zero-order chi connectivity index (χ0) is 10.1. The molecule has 0 bridgehead atoms. The maximum absolute atomic E-state index is 11.1. The van der Waals surface area contributed by atoms with Crippen LogP contribution in [0.1, 0.15) is 10.4 Å². The zero-order valence-corrected chi connectivity index (χ0v) is 8.17. The van der Waals surface area contributed by atoms with Crippen molar-refractivity contribution in [3.8, 4) is 5.75 Å². The number of furan rings is 1. The van der Waals surface area contributed by atoms with Crippen LogP contribution < -0.4 is 4.74 Å². The van der Waals surface area contributed by atoms with Crippen LogP contribution in [0.3, 0.4) is 0 Å². The lowest BCUT2D eigenvalue weighted by Crippen LogP contribution is -1.91. The average Bonchev–Trinajstić information content (AvgIpc) is 2.63. The Morgan fingerprint density at radius 2 is 2.29 bits per heavy atom. The Balaban J connectivity index is 2.76. The van der Waals surface area contributed by atoms with Crippen molar-refractivity contribution in [2.24, 2.45) is 0 Å². The molecule has 0 atom stereocenters. The van der Waals surface area contributed by atoms with E-state index in [1.54, 1.807) is 18.2 Å². The van der Waals surface area contributed by atoms with E-state index >= 15 is 0 Å². The van der Waals surface area contributed by atoms with E-state index in [-0.39, 0.29) is 0 Å². The molecule has 0 aliphatic rings. The van der Waals surface area contributed by atoms with Gasteiger partial charge in [0.1, 0.15) is 11.3 Å². The molecule has 2 rings (SSSR count). The Morgan fingerprint density at radius 3 is 2.93 bits per heavy atom. The van der Waals surface area contributed by atoms with E-state index < -0.39 is 5.24 Å². The highest BCUT2D eigenvalue weighted by Gasteiger charge is 2.12. The van der Waals surface area contributed by atoms with Gasteiger partial charge in [-0.3, -0.25) is 4.79 Å². The van der Waals surface area contributed by atoms with Crippen molar-refractivity contribution in [2.75, 3.05) is 7.11 Å². The molecule has 14 heavy (non-hydrogen) atoms. The van der Waals surface area contributed by atoms with Crippen LogP contribution in [0.15, 0.2) is 28.9 Å². The largest absolute Gasteiger partial charge is 0.497 e. The molecule has 4 heteroatoms. The predicted molar refractivity (Wildman–Crippen MR) is 52.9 cm³/mol. The van der Waals surface area contributed by atoms with Gasteiger partial charge in [-0.1, -0.05) is 0 Å². The monoisotopic (exact) mass is 210 g/mol.